The highest BCUT2D eigenvalue weighted by molar-refractivity contribution is 5.49. The van der Waals surface area contributed by atoms with Crippen LogP contribution >= 0.6 is 0 Å². The molecule has 2 aromatic rings. The molecule has 1 aromatic carbocycles. The minimum absolute atomic E-state index is 0.482. The monoisotopic (exact) mass is 219 g/mol. The van der Waals surface area contributed by atoms with Crippen LogP contribution in [0, 0.1) is 23.2 Å². The molecular weight excluding hydrogens is 210 g/mol. The second kappa shape index (κ2) is 4.83. The van der Waals surface area contributed by atoms with Gasteiger partial charge in [0.05, 0.1) is 5.56 Å². The first-order chi connectivity index (χ1) is 8.29. The number of pyridine rings is 1. The van der Waals surface area contributed by atoms with Crippen LogP contribution in [0.1, 0.15) is 16.8 Å². The van der Waals surface area contributed by atoms with Crippen molar-refractivity contribution in [2.24, 2.45) is 0 Å². The molecule has 0 unspecified atom stereocenters. The van der Waals surface area contributed by atoms with Crippen molar-refractivity contribution in [2.75, 3.05) is 5.73 Å². The molecule has 2 N–H and O–H groups in total. The van der Waals surface area contributed by atoms with E-state index in [4.69, 9.17) is 11.0 Å². The van der Waals surface area contributed by atoms with E-state index in [9.17, 15) is 0 Å². The molecule has 0 radical (unpaired) electrons. The number of hydrogen-bond donors (Lipinski definition) is 1. The molecule has 3 heteroatoms. The van der Waals surface area contributed by atoms with Crippen LogP contribution in [0.2, 0.25) is 0 Å². The number of rotatable bonds is 0. The molecule has 0 aliphatic rings. The van der Waals surface area contributed by atoms with Crippen LogP contribution in [-0.2, 0) is 0 Å². The van der Waals surface area contributed by atoms with Crippen molar-refractivity contribution >= 4 is 5.69 Å². The van der Waals surface area contributed by atoms with Gasteiger partial charge >= 0.3 is 0 Å². The van der Waals surface area contributed by atoms with Gasteiger partial charge in [-0.25, -0.2) is 4.98 Å². The maximum absolute atomic E-state index is 8.88. The number of nitriles is 1. The minimum Gasteiger partial charge on any atom is -0.399 e. The number of nitrogens with two attached hydrogens (primary N) is 1. The van der Waals surface area contributed by atoms with Crippen LogP contribution in [-0.4, -0.2) is 4.98 Å². The third kappa shape index (κ3) is 2.62. The van der Waals surface area contributed by atoms with Crippen molar-refractivity contribution in [1.29, 1.82) is 5.26 Å². The molecular formula is C14H9N3. The Balaban J connectivity index is 2.33. The van der Waals surface area contributed by atoms with Gasteiger partial charge in [-0.05, 0) is 42.3 Å². The molecule has 0 atom stereocenters. The Morgan fingerprint density at radius 1 is 1.06 bits per heavy atom. The summed E-state index contributed by atoms with van der Waals surface area (Å²) in [6, 6.07) is 12.7. The molecule has 0 aliphatic heterocycles. The molecule has 0 saturated heterocycles. The Morgan fingerprint density at radius 2 is 1.82 bits per heavy atom. The average molecular weight is 219 g/mol. The van der Waals surface area contributed by atoms with Gasteiger partial charge in [-0.3, -0.25) is 0 Å². The third-order valence-electron chi connectivity index (χ3n) is 2.16. The van der Waals surface area contributed by atoms with Gasteiger partial charge in [0.1, 0.15) is 11.8 Å². The third-order valence-corrected chi connectivity index (χ3v) is 2.16. The Hall–Kier alpha value is -2.78. The highest BCUT2D eigenvalue weighted by Gasteiger charge is 1.97. The maximum atomic E-state index is 8.88. The van der Waals surface area contributed by atoms with E-state index in [-0.39, 0.29) is 0 Å². The molecule has 0 bridgehead atoms. The first-order valence-corrected chi connectivity index (χ1v) is 5.02. The van der Waals surface area contributed by atoms with Crippen LogP contribution in [0.15, 0.2) is 42.6 Å². The van der Waals surface area contributed by atoms with Gasteiger partial charge < -0.3 is 5.73 Å². The Morgan fingerprint density at radius 3 is 2.53 bits per heavy atom. The zero-order valence-corrected chi connectivity index (χ0v) is 9.01. The smallest absolute Gasteiger partial charge is 0.131 e. The molecule has 80 valence electrons. The standard InChI is InChI=1S/C14H9N3/c15-10-12-2-1-9-17-14(12)8-5-11-3-6-13(16)7-4-11/h1-4,6-7,9H,16H2. The van der Waals surface area contributed by atoms with Crippen molar-refractivity contribution in [1.82, 2.24) is 4.98 Å². The second-order valence-electron chi connectivity index (χ2n) is 3.38. The number of nitrogens with zero attached hydrogens (tertiary/aromatic N) is 2. The number of benzene rings is 1. The topological polar surface area (TPSA) is 62.7 Å². The van der Waals surface area contributed by atoms with Crippen molar-refractivity contribution in [2.45, 2.75) is 0 Å². The largest absolute Gasteiger partial charge is 0.399 e. The lowest BCUT2D eigenvalue weighted by Crippen LogP contribution is -1.87. The van der Waals surface area contributed by atoms with E-state index in [0.29, 0.717) is 16.9 Å². The average Bonchev–Trinajstić information content (AvgIpc) is 2.38. The van der Waals surface area contributed by atoms with Crippen molar-refractivity contribution in [3.8, 4) is 17.9 Å². The fourth-order valence-electron chi connectivity index (χ4n) is 1.29. The van der Waals surface area contributed by atoms with Gasteiger partial charge in [-0.15, -0.1) is 0 Å². The molecule has 0 saturated carbocycles. The van der Waals surface area contributed by atoms with Crippen molar-refractivity contribution in [3.05, 3.63) is 59.4 Å². The lowest BCUT2D eigenvalue weighted by molar-refractivity contribution is 1.26. The van der Waals surface area contributed by atoms with E-state index in [1.165, 1.54) is 0 Å². The zero-order chi connectivity index (χ0) is 12.1. The van der Waals surface area contributed by atoms with E-state index in [1.807, 2.05) is 12.1 Å². The Bertz CT molecular complexity index is 625. The van der Waals surface area contributed by atoms with Gasteiger partial charge in [0, 0.05) is 17.4 Å². The minimum atomic E-state index is 0.482. The van der Waals surface area contributed by atoms with E-state index >= 15 is 0 Å². The lowest BCUT2D eigenvalue weighted by atomic mass is 10.2. The van der Waals surface area contributed by atoms with E-state index in [2.05, 4.69) is 22.9 Å². The van der Waals surface area contributed by atoms with Gasteiger partial charge in [-0.2, -0.15) is 5.26 Å². The summed E-state index contributed by atoms with van der Waals surface area (Å²) in [6.07, 6.45) is 1.62. The molecule has 1 heterocycles. The maximum Gasteiger partial charge on any atom is 0.131 e. The number of nitrogen functional groups attached to an aromatic ring is 1. The lowest BCUT2D eigenvalue weighted by Gasteiger charge is -1.93. The summed E-state index contributed by atoms with van der Waals surface area (Å²) in [5, 5.41) is 8.88. The van der Waals surface area contributed by atoms with Crippen molar-refractivity contribution < 1.29 is 0 Å². The fourth-order valence-corrected chi connectivity index (χ4v) is 1.29. The molecule has 0 spiro atoms. The second-order valence-corrected chi connectivity index (χ2v) is 3.38. The van der Waals surface area contributed by atoms with E-state index in [0.717, 1.165) is 5.56 Å². The van der Waals surface area contributed by atoms with Crippen LogP contribution < -0.4 is 5.73 Å². The summed E-state index contributed by atoms with van der Waals surface area (Å²) >= 11 is 0. The summed E-state index contributed by atoms with van der Waals surface area (Å²) in [7, 11) is 0. The number of aromatic nitrogens is 1. The zero-order valence-electron chi connectivity index (χ0n) is 9.01. The van der Waals surface area contributed by atoms with Crippen LogP contribution in [0.3, 0.4) is 0 Å². The molecule has 2 rings (SSSR count). The quantitative estimate of drug-likeness (QED) is 0.544. The molecule has 1 aromatic heterocycles. The first-order valence-electron chi connectivity index (χ1n) is 5.02. The fraction of sp³-hybridized carbons (Fsp3) is 0. The van der Waals surface area contributed by atoms with Gasteiger partial charge in [0.25, 0.3) is 0 Å². The van der Waals surface area contributed by atoms with E-state index in [1.54, 1.807) is 30.5 Å². The summed E-state index contributed by atoms with van der Waals surface area (Å²) < 4.78 is 0. The van der Waals surface area contributed by atoms with Gasteiger partial charge in [0.15, 0.2) is 0 Å². The predicted molar refractivity (Wildman–Crippen MR) is 65.8 cm³/mol. The van der Waals surface area contributed by atoms with Crippen LogP contribution in [0.25, 0.3) is 0 Å². The molecule has 0 aliphatic carbocycles. The summed E-state index contributed by atoms with van der Waals surface area (Å²) in [4.78, 5) is 4.06. The highest BCUT2D eigenvalue weighted by atomic mass is 14.7. The predicted octanol–water partition coefficient (Wildman–Crippen LogP) is 1.94. The van der Waals surface area contributed by atoms with Gasteiger partial charge in [-0.1, -0.05) is 5.92 Å². The molecule has 3 nitrogen and oxygen atoms in total. The molecule has 0 amide bonds. The van der Waals surface area contributed by atoms with Crippen molar-refractivity contribution in [3.63, 3.8) is 0 Å². The highest BCUT2D eigenvalue weighted by Crippen LogP contribution is 2.05. The number of hydrogen-bond acceptors (Lipinski definition) is 3. The summed E-state index contributed by atoms with van der Waals surface area (Å²) in [5.41, 5.74) is 8.09. The summed E-state index contributed by atoms with van der Waals surface area (Å²) in [6.45, 7) is 0. The van der Waals surface area contributed by atoms with Crippen LogP contribution in [0.5, 0.6) is 0 Å². The SMILES string of the molecule is N#Cc1cccnc1C#Cc1ccc(N)cc1. The molecule has 0 fully saturated rings. The Labute approximate surface area is 99.5 Å². The molecule has 17 heavy (non-hydrogen) atoms. The van der Waals surface area contributed by atoms with Gasteiger partial charge in [0.2, 0.25) is 0 Å². The summed E-state index contributed by atoms with van der Waals surface area (Å²) in [5.74, 6) is 5.82. The Kier molecular flexibility index (Phi) is 3.05. The first kappa shape index (κ1) is 10.7. The normalized spacial score (nSPS) is 8.88. The van der Waals surface area contributed by atoms with Crippen LogP contribution in [0.4, 0.5) is 5.69 Å². The number of anilines is 1. The van der Waals surface area contributed by atoms with E-state index < -0.39 is 0 Å².